The van der Waals surface area contributed by atoms with E-state index in [0.29, 0.717) is 18.7 Å². The number of anilines is 1. The SMILES string of the molecule is CCOC(=O)NS(=O)(=O)N1CCc2cccc(N)c2C1. The highest BCUT2D eigenvalue weighted by Gasteiger charge is 2.29. The van der Waals surface area contributed by atoms with E-state index in [-0.39, 0.29) is 13.2 Å². The molecule has 0 atom stereocenters. The average Bonchev–Trinajstić information content (AvgIpc) is 2.38. The number of carbonyl (C=O) groups is 1. The standard InChI is InChI=1S/C12H17N3O4S/c1-2-19-12(16)14-20(17,18)15-7-6-9-4-3-5-11(13)10(9)8-15/h3-5H,2,6-8,13H2,1H3,(H,14,16). The van der Waals surface area contributed by atoms with Crippen molar-refractivity contribution in [3.63, 3.8) is 0 Å². The van der Waals surface area contributed by atoms with E-state index in [1.807, 2.05) is 16.9 Å². The van der Waals surface area contributed by atoms with Crippen LogP contribution in [0.15, 0.2) is 18.2 Å². The molecule has 1 heterocycles. The van der Waals surface area contributed by atoms with E-state index in [0.717, 1.165) is 11.1 Å². The Kier molecular flexibility index (Phi) is 4.15. The van der Waals surface area contributed by atoms with Gasteiger partial charge in [0, 0.05) is 18.8 Å². The van der Waals surface area contributed by atoms with Crippen molar-refractivity contribution in [3.8, 4) is 0 Å². The summed E-state index contributed by atoms with van der Waals surface area (Å²) < 4.78 is 31.8. The molecular weight excluding hydrogens is 282 g/mol. The van der Waals surface area contributed by atoms with Crippen molar-refractivity contribution in [2.75, 3.05) is 18.9 Å². The van der Waals surface area contributed by atoms with Crippen LogP contribution in [0.3, 0.4) is 0 Å². The van der Waals surface area contributed by atoms with Crippen molar-refractivity contribution in [1.29, 1.82) is 0 Å². The second-order valence-electron chi connectivity index (χ2n) is 4.40. The Morgan fingerprint density at radius 1 is 1.50 bits per heavy atom. The Hall–Kier alpha value is -1.80. The van der Waals surface area contributed by atoms with Crippen molar-refractivity contribution in [2.45, 2.75) is 19.9 Å². The Morgan fingerprint density at radius 2 is 2.25 bits per heavy atom. The lowest BCUT2D eigenvalue weighted by Crippen LogP contribution is -2.45. The van der Waals surface area contributed by atoms with E-state index < -0.39 is 16.3 Å². The number of carbonyl (C=O) groups excluding carboxylic acids is 1. The van der Waals surface area contributed by atoms with Crippen LogP contribution in [0, 0.1) is 0 Å². The van der Waals surface area contributed by atoms with Crippen molar-refractivity contribution in [1.82, 2.24) is 9.03 Å². The van der Waals surface area contributed by atoms with Crippen LogP contribution in [0.5, 0.6) is 0 Å². The predicted molar refractivity (Wildman–Crippen MR) is 74.0 cm³/mol. The highest BCUT2D eigenvalue weighted by molar-refractivity contribution is 7.87. The zero-order chi connectivity index (χ0) is 14.8. The van der Waals surface area contributed by atoms with Crippen molar-refractivity contribution in [3.05, 3.63) is 29.3 Å². The van der Waals surface area contributed by atoms with E-state index in [9.17, 15) is 13.2 Å². The van der Waals surface area contributed by atoms with Crippen LogP contribution in [0.25, 0.3) is 0 Å². The summed E-state index contributed by atoms with van der Waals surface area (Å²) in [5.74, 6) is 0. The number of nitrogens with two attached hydrogens (primary N) is 1. The number of benzene rings is 1. The maximum atomic E-state index is 12.1. The van der Waals surface area contributed by atoms with Crippen molar-refractivity contribution >= 4 is 22.0 Å². The van der Waals surface area contributed by atoms with Gasteiger partial charge in [0.1, 0.15) is 0 Å². The molecule has 110 valence electrons. The lowest BCUT2D eigenvalue weighted by atomic mass is 10.00. The highest BCUT2D eigenvalue weighted by Crippen LogP contribution is 2.25. The number of nitrogens with one attached hydrogen (secondary N) is 1. The molecule has 0 unspecified atom stereocenters. The summed E-state index contributed by atoms with van der Waals surface area (Å²) in [6.45, 7) is 2.16. The summed E-state index contributed by atoms with van der Waals surface area (Å²) in [4.78, 5) is 11.2. The minimum Gasteiger partial charge on any atom is -0.449 e. The van der Waals surface area contributed by atoms with Crippen LogP contribution < -0.4 is 10.5 Å². The largest absolute Gasteiger partial charge is 0.449 e. The summed E-state index contributed by atoms with van der Waals surface area (Å²) in [5, 5.41) is 0. The molecule has 0 fully saturated rings. The molecule has 0 saturated heterocycles. The normalized spacial score (nSPS) is 15.4. The molecule has 7 nitrogen and oxygen atoms in total. The van der Waals surface area contributed by atoms with Gasteiger partial charge >= 0.3 is 16.3 Å². The van der Waals surface area contributed by atoms with Crippen molar-refractivity contribution in [2.24, 2.45) is 0 Å². The van der Waals surface area contributed by atoms with Crippen LogP contribution in [-0.2, 0) is 27.9 Å². The first kappa shape index (κ1) is 14.6. The summed E-state index contributed by atoms with van der Waals surface area (Å²) in [6.07, 6.45) is -0.413. The van der Waals surface area contributed by atoms with Crippen LogP contribution in [-0.4, -0.2) is 32.0 Å². The fourth-order valence-electron chi connectivity index (χ4n) is 2.12. The molecule has 8 heteroatoms. The zero-order valence-electron chi connectivity index (χ0n) is 11.1. The van der Waals surface area contributed by atoms with E-state index in [1.165, 1.54) is 4.31 Å². The monoisotopic (exact) mass is 299 g/mol. The second-order valence-corrected chi connectivity index (χ2v) is 6.07. The van der Waals surface area contributed by atoms with Gasteiger partial charge in [-0.25, -0.2) is 9.52 Å². The van der Waals surface area contributed by atoms with Gasteiger partial charge in [0.05, 0.1) is 6.61 Å². The molecule has 0 spiro atoms. The predicted octanol–water partition coefficient (Wildman–Crippen LogP) is 0.618. The van der Waals surface area contributed by atoms with Gasteiger partial charge in [-0.1, -0.05) is 12.1 Å². The smallest absolute Gasteiger partial charge is 0.421 e. The van der Waals surface area contributed by atoms with E-state index in [1.54, 1.807) is 13.0 Å². The van der Waals surface area contributed by atoms with Gasteiger partial charge < -0.3 is 10.5 Å². The Morgan fingerprint density at radius 3 is 2.95 bits per heavy atom. The van der Waals surface area contributed by atoms with E-state index in [4.69, 9.17) is 5.73 Å². The summed E-state index contributed by atoms with van der Waals surface area (Å²) in [5.41, 5.74) is 8.24. The fourth-order valence-corrected chi connectivity index (χ4v) is 3.15. The zero-order valence-corrected chi connectivity index (χ0v) is 11.9. The second kappa shape index (κ2) is 5.68. The van der Waals surface area contributed by atoms with E-state index >= 15 is 0 Å². The number of fused-ring (bicyclic) bond motifs is 1. The molecule has 1 aromatic rings. The quantitative estimate of drug-likeness (QED) is 0.797. The summed E-state index contributed by atoms with van der Waals surface area (Å²) in [6, 6.07) is 5.50. The molecule has 0 bridgehead atoms. The topological polar surface area (TPSA) is 102 Å². The first-order chi connectivity index (χ1) is 9.44. The van der Waals surface area contributed by atoms with E-state index in [2.05, 4.69) is 4.74 Å². The Labute approximate surface area is 117 Å². The fraction of sp³-hybridized carbons (Fsp3) is 0.417. The minimum atomic E-state index is -3.91. The highest BCUT2D eigenvalue weighted by atomic mass is 32.2. The number of nitrogen functional groups attached to an aromatic ring is 1. The Balaban J connectivity index is 2.16. The molecule has 0 radical (unpaired) electrons. The molecule has 1 aliphatic heterocycles. The van der Waals surface area contributed by atoms with Crippen LogP contribution >= 0.6 is 0 Å². The lowest BCUT2D eigenvalue weighted by molar-refractivity contribution is 0.158. The third-order valence-corrected chi connectivity index (χ3v) is 4.52. The average molecular weight is 299 g/mol. The number of nitrogens with zero attached hydrogens (tertiary/aromatic N) is 1. The number of hydrogen-bond donors (Lipinski definition) is 2. The van der Waals surface area contributed by atoms with Gasteiger partial charge in [0.2, 0.25) is 0 Å². The number of rotatable bonds is 3. The van der Waals surface area contributed by atoms with Crippen molar-refractivity contribution < 1.29 is 17.9 Å². The molecular formula is C12H17N3O4S. The molecule has 1 aliphatic rings. The van der Waals surface area contributed by atoms with Gasteiger partial charge in [-0.3, -0.25) is 0 Å². The van der Waals surface area contributed by atoms with Gasteiger partial charge in [-0.15, -0.1) is 0 Å². The molecule has 1 aromatic carbocycles. The molecule has 3 N–H and O–H groups in total. The maximum absolute atomic E-state index is 12.1. The lowest BCUT2D eigenvalue weighted by Gasteiger charge is -2.28. The molecule has 0 aromatic heterocycles. The molecule has 1 amide bonds. The molecule has 0 saturated carbocycles. The Bertz CT molecular complexity index is 615. The third-order valence-electron chi connectivity index (χ3n) is 3.10. The van der Waals surface area contributed by atoms with Gasteiger partial charge in [-0.05, 0) is 30.5 Å². The van der Waals surface area contributed by atoms with Gasteiger partial charge in [-0.2, -0.15) is 12.7 Å². The van der Waals surface area contributed by atoms with Crippen LogP contribution in [0.2, 0.25) is 0 Å². The minimum absolute atomic E-state index is 0.108. The molecule has 2 rings (SSSR count). The first-order valence-corrected chi connectivity index (χ1v) is 7.69. The summed E-state index contributed by atoms with van der Waals surface area (Å²) >= 11 is 0. The van der Waals surface area contributed by atoms with Crippen LogP contribution in [0.1, 0.15) is 18.1 Å². The maximum Gasteiger partial charge on any atom is 0.421 e. The van der Waals surface area contributed by atoms with Crippen LogP contribution in [0.4, 0.5) is 10.5 Å². The third kappa shape index (κ3) is 3.02. The number of ether oxygens (including phenoxy) is 1. The number of hydrogen-bond acceptors (Lipinski definition) is 5. The number of amides is 1. The molecule has 0 aliphatic carbocycles. The summed E-state index contributed by atoms with van der Waals surface area (Å²) in [7, 11) is -3.91. The van der Waals surface area contributed by atoms with Gasteiger partial charge in [0.25, 0.3) is 0 Å². The van der Waals surface area contributed by atoms with Gasteiger partial charge in [0.15, 0.2) is 0 Å². The first-order valence-electron chi connectivity index (χ1n) is 6.25. The molecule has 20 heavy (non-hydrogen) atoms.